The molecule has 0 aromatic carbocycles. The largest absolute Gasteiger partial charge is 0.440 e. The summed E-state index contributed by atoms with van der Waals surface area (Å²) in [7, 11) is 0. The summed E-state index contributed by atoms with van der Waals surface area (Å²) in [6.07, 6.45) is 6.16. The number of hydrogen-bond acceptors (Lipinski definition) is 5. The van der Waals surface area contributed by atoms with Crippen molar-refractivity contribution in [2.24, 2.45) is 0 Å². The molecule has 2 aromatic rings. The summed E-state index contributed by atoms with van der Waals surface area (Å²) < 4.78 is 9.92. The third-order valence-electron chi connectivity index (χ3n) is 0.994. The molecule has 0 N–H and O–H groups in total. The molecule has 0 saturated heterocycles. The lowest BCUT2D eigenvalue weighted by atomic mass is 11.0. The third kappa shape index (κ3) is 1.43. The van der Waals surface area contributed by atoms with Crippen LogP contribution in [0.3, 0.4) is 0 Å². The number of aromatic nitrogens is 2. The first-order valence-electron chi connectivity index (χ1n) is 2.92. The van der Waals surface area contributed by atoms with Gasteiger partial charge in [0, 0.05) is 11.8 Å². The third-order valence-corrected chi connectivity index (χ3v) is 1.75. The summed E-state index contributed by atoms with van der Waals surface area (Å²) >= 11 is 1.25. The lowest BCUT2D eigenvalue weighted by Gasteiger charge is -1.85. The van der Waals surface area contributed by atoms with Crippen LogP contribution in [0.4, 0.5) is 0 Å². The highest BCUT2D eigenvalue weighted by Crippen LogP contribution is 2.23. The predicted octanol–water partition coefficient (Wildman–Crippen LogP) is 1.81. The van der Waals surface area contributed by atoms with Gasteiger partial charge < -0.3 is 8.83 Å². The molecule has 0 aliphatic heterocycles. The molecule has 0 saturated carbocycles. The second kappa shape index (κ2) is 2.79. The topological polar surface area (TPSA) is 52.1 Å². The van der Waals surface area contributed by atoms with Crippen LogP contribution in [-0.4, -0.2) is 9.97 Å². The summed E-state index contributed by atoms with van der Waals surface area (Å²) in [5.41, 5.74) is 0. The van der Waals surface area contributed by atoms with Crippen molar-refractivity contribution < 1.29 is 8.83 Å². The van der Waals surface area contributed by atoms with Crippen molar-refractivity contribution in [3.05, 3.63) is 24.9 Å². The van der Waals surface area contributed by atoms with E-state index >= 15 is 0 Å². The number of nitrogens with zero attached hydrogens (tertiary/aromatic N) is 2. The van der Waals surface area contributed by atoms with Crippen molar-refractivity contribution in [1.29, 1.82) is 0 Å². The van der Waals surface area contributed by atoms with Gasteiger partial charge in [-0.2, -0.15) is 0 Å². The summed E-state index contributed by atoms with van der Waals surface area (Å²) in [6.45, 7) is 0. The standard InChI is InChI=1S/C6H4N2O2S/c1-3-9-5(7-1)11-6-8-2-4-10-6/h1-4H. The molecule has 0 aliphatic carbocycles. The number of hydrogen-bond donors (Lipinski definition) is 0. The summed E-state index contributed by atoms with van der Waals surface area (Å²) in [5.74, 6) is 0. The van der Waals surface area contributed by atoms with Crippen molar-refractivity contribution >= 4 is 11.8 Å². The van der Waals surface area contributed by atoms with E-state index in [1.165, 1.54) is 24.3 Å². The fraction of sp³-hybridized carbons (Fsp3) is 0. The van der Waals surface area contributed by atoms with E-state index in [9.17, 15) is 0 Å². The van der Waals surface area contributed by atoms with Gasteiger partial charge in [-0.05, 0) is 0 Å². The summed E-state index contributed by atoms with van der Waals surface area (Å²) in [4.78, 5) is 7.77. The molecule has 56 valence electrons. The highest BCUT2D eigenvalue weighted by Gasteiger charge is 2.03. The fourth-order valence-electron chi connectivity index (χ4n) is 0.596. The van der Waals surface area contributed by atoms with E-state index in [0.717, 1.165) is 0 Å². The second-order valence-corrected chi connectivity index (χ2v) is 2.60. The SMILES string of the molecule is c1coc(Sc2ncco2)n1. The van der Waals surface area contributed by atoms with Gasteiger partial charge in [0.15, 0.2) is 0 Å². The van der Waals surface area contributed by atoms with E-state index in [4.69, 9.17) is 8.83 Å². The fourth-order valence-corrected chi connectivity index (χ4v) is 1.18. The molecule has 2 aromatic heterocycles. The summed E-state index contributed by atoms with van der Waals surface area (Å²) in [5, 5.41) is 1.07. The van der Waals surface area contributed by atoms with Crippen molar-refractivity contribution in [1.82, 2.24) is 9.97 Å². The van der Waals surface area contributed by atoms with Crippen molar-refractivity contribution in [3.63, 3.8) is 0 Å². The lowest BCUT2D eigenvalue weighted by Crippen LogP contribution is -1.69. The van der Waals surface area contributed by atoms with Crippen LogP contribution in [0.25, 0.3) is 0 Å². The zero-order valence-electron chi connectivity index (χ0n) is 5.43. The zero-order valence-corrected chi connectivity index (χ0v) is 6.25. The van der Waals surface area contributed by atoms with Gasteiger partial charge >= 0.3 is 0 Å². The van der Waals surface area contributed by atoms with Crippen molar-refractivity contribution in [2.45, 2.75) is 10.4 Å². The first-order valence-corrected chi connectivity index (χ1v) is 3.73. The Morgan fingerprint density at radius 3 is 1.91 bits per heavy atom. The average molecular weight is 168 g/mol. The van der Waals surface area contributed by atoms with Crippen LogP contribution in [0.1, 0.15) is 0 Å². The average Bonchev–Trinajstić information content (AvgIpc) is 2.60. The molecule has 0 bridgehead atoms. The monoisotopic (exact) mass is 168 g/mol. The molecule has 11 heavy (non-hydrogen) atoms. The molecular formula is C6H4N2O2S. The van der Waals surface area contributed by atoms with Crippen LogP contribution in [-0.2, 0) is 0 Å². The van der Waals surface area contributed by atoms with Crippen molar-refractivity contribution in [2.75, 3.05) is 0 Å². The van der Waals surface area contributed by atoms with Gasteiger partial charge in [-0.3, -0.25) is 0 Å². The Kier molecular flexibility index (Phi) is 1.64. The Hall–Kier alpha value is -1.23. The maximum atomic E-state index is 4.96. The Bertz CT molecular complexity index is 271. The van der Waals surface area contributed by atoms with Crippen LogP contribution in [0.2, 0.25) is 0 Å². The molecule has 0 aliphatic rings. The smallest absolute Gasteiger partial charge is 0.265 e. The van der Waals surface area contributed by atoms with E-state index in [1.807, 2.05) is 0 Å². The summed E-state index contributed by atoms with van der Waals surface area (Å²) in [6, 6.07) is 0. The molecule has 0 radical (unpaired) electrons. The van der Waals surface area contributed by atoms with Gasteiger partial charge in [-0.25, -0.2) is 9.97 Å². The molecule has 2 heterocycles. The van der Waals surface area contributed by atoms with Gasteiger partial charge in [-0.15, -0.1) is 0 Å². The van der Waals surface area contributed by atoms with Gasteiger partial charge in [0.2, 0.25) is 0 Å². The molecule has 0 fully saturated rings. The Labute approximate surface area is 66.6 Å². The van der Waals surface area contributed by atoms with Gasteiger partial charge in [0.05, 0.1) is 12.4 Å². The van der Waals surface area contributed by atoms with Crippen LogP contribution in [0, 0.1) is 0 Å². The van der Waals surface area contributed by atoms with Gasteiger partial charge in [0.1, 0.15) is 12.5 Å². The normalized spacial score (nSPS) is 10.2. The maximum Gasteiger partial charge on any atom is 0.265 e. The molecule has 5 heteroatoms. The van der Waals surface area contributed by atoms with E-state index in [0.29, 0.717) is 10.4 Å². The second-order valence-electron chi connectivity index (χ2n) is 1.70. The van der Waals surface area contributed by atoms with Crippen LogP contribution in [0.15, 0.2) is 44.2 Å². The minimum atomic E-state index is 0.535. The molecule has 0 amide bonds. The van der Waals surface area contributed by atoms with E-state index < -0.39 is 0 Å². The minimum Gasteiger partial charge on any atom is -0.440 e. The molecule has 4 nitrogen and oxygen atoms in total. The van der Waals surface area contributed by atoms with Gasteiger partial charge in [-0.1, -0.05) is 0 Å². The van der Waals surface area contributed by atoms with Crippen LogP contribution < -0.4 is 0 Å². The zero-order chi connectivity index (χ0) is 7.52. The highest BCUT2D eigenvalue weighted by molar-refractivity contribution is 7.98. The Morgan fingerprint density at radius 2 is 1.55 bits per heavy atom. The molecule has 0 spiro atoms. The van der Waals surface area contributed by atoms with Gasteiger partial charge in [0.25, 0.3) is 10.4 Å². The van der Waals surface area contributed by atoms with E-state index in [2.05, 4.69) is 9.97 Å². The van der Waals surface area contributed by atoms with Crippen LogP contribution >= 0.6 is 11.8 Å². The van der Waals surface area contributed by atoms with E-state index in [1.54, 1.807) is 12.4 Å². The number of oxazole rings is 2. The Balaban J connectivity index is 2.14. The molecule has 0 unspecified atom stereocenters. The quantitative estimate of drug-likeness (QED) is 0.684. The molecule has 2 rings (SSSR count). The van der Waals surface area contributed by atoms with Crippen LogP contribution in [0.5, 0.6) is 0 Å². The van der Waals surface area contributed by atoms with E-state index in [-0.39, 0.29) is 0 Å². The van der Waals surface area contributed by atoms with Crippen molar-refractivity contribution in [3.8, 4) is 0 Å². The predicted molar refractivity (Wildman–Crippen MR) is 37.1 cm³/mol. The Morgan fingerprint density at radius 1 is 1.00 bits per heavy atom. The highest BCUT2D eigenvalue weighted by atomic mass is 32.2. The first kappa shape index (κ1) is 6.48. The minimum absolute atomic E-state index is 0.535. The first-order chi connectivity index (χ1) is 5.45. The molecule has 0 atom stereocenters. The lowest BCUT2D eigenvalue weighted by molar-refractivity contribution is 0.432. The maximum absolute atomic E-state index is 4.96. The number of rotatable bonds is 2. The molecular weight excluding hydrogens is 164 g/mol.